The first-order chi connectivity index (χ1) is 64.3. The van der Waals surface area contributed by atoms with E-state index in [9.17, 15) is 88.3 Å². The lowest BCUT2D eigenvalue weighted by Gasteiger charge is -2.13. The van der Waals surface area contributed by atoms with Crippen molar-refractivity contribution < 1.29 is 77.9 Å². The van der Waals surface area contributed by atoms with Crippen LogP contribution in [0.15, 0.2) is 381 Å². The summed E-state index contributed by atoms with van der Waals surface area (Å²) in [4.78, 5) is 48.2. The van der Waals surface area contributed by atoms with Gasteiger partial charge in [-0.25, -0.2) is 68.1 Å². The third-order valence-corrected chi connectivity index (χ3v) is 28.3. The van der Waals surface area contributed by atoms with Crippen LogP contribution in [-0.4, -0.2) is 95.2 Å². The SMILES string of the molecule is CC(F)(F)c1ccc(S(=O)(=O)Nc2cccc3cccnc23)c([N+](=O)[O-])c1.Nc1cc(F)ccc1S(=O)(=O)Nc1cccc2cccnc12.O=S(=O)(Nc1cc(Cl)cc2cccnc12)c1ccccc1.O=S(=O)(Nc1ccc(Br)c2cccnc12)c1ccccc1.O=S(=O)(Nc1cccc2cccnc12)c1cccnc1.O=[N+]([O-])c1cc(F)ccc1S(=O)(=O)Nc1cccc2cccnc12. The van der Waals surface area contributed by atoms with Crippen LogP contribution in [0.3, 0.4) is 0 Å². The molecule has 0 atom stereocenters. The number of rotatable bonds is 21. The van der Waals surface area contributed by atoms with Crippen LogP contribution in [0.1, 0.15) is 12.5 Å². The molecule has 7 aromatic heterocycles. The molecule has 0 bridgehead atoms. The largest absolute Gasteiger partial charge is 0.398 e. The van der Waals surface area contributed by atoms with Gasteiger partial charge in [-0.05, 0) is 158 Å². The minimum absolute atomic E-state index is 0.118. The van der Waals surface area contributed by atoms with Crippen molar-refractivity contribution in [1.29, 1.82) is 0 Å². The molecule has 0 aliphatic heterocycles. The van der Waals surface area contributed by atoms with E-state index in [1.54, 1.807) is 189 Å². The van der Waals surface area contributed by atoms with E-state index in [-0.39, 0.29) is 36.6 Å². The third kappa shape index (κ3) is 24.1. The van der Waals surface area contributed by atoms with Crippen molar-refractivity contribution >= 4 is 204 Å². The highest BCUT2D eigenvalue weighted by Crippen LogP contribution is 2.38. The van der Waals surface area contributed by atoms with E-state index in [4.69, 9.17) is 17.3 Å². The number of para-hydroxylation sites is 4. The van der Waals surface area contributed by atoms with Gasteiger partial charge >= 0.3 is 0 Å². The maximum Gasteiger partial charge on any atom is 0.292 e. The number of alkyl halides is 2. The van der Waals surface area contributed by atoms with Gasteiger partial charge in [-0.1, -0.05) is 155 Å². The Hall–Kier alpha value is -15.4. The molecule has 44 heteroatoms. The van der Waals surface area contributed by atoms with Gasteiger partial charge in [-0.2, -0.15) is 0 Å². The fraction of sp³-hybridized carbons (Fsp3) is 0.0220. The number of aromatic nitrogens is 7. The fourth-order valence-corrected chi connectivity index (χ4v) is 20.4. The Kier molecular flexibility index (Phi) is 29.9. The van der Waals surface area contributed by atoms with Gasteiger partial charge in [0.2, 0.25) is 0 Å². The van der Waals surface area contributed by atoms with Crippen molar-refractivity contribution in [3.63, 3.8) is 0 Å². The molecule has 32 nitrogen and oxygen atoms in total. The van der Waals surface area contributed by atoms with Gasteiger partial charge in [0.15, 0.2) is 9.79 Å². The summed E-state index contributed by atoms with van der Waals surface area (Å²) in [6.45, 7) is 0.570. The summed E-state index contributed by atoms with van der Waals surface area (Å²) in [6, 6.07) is 75.4. The van der Waals surface area contributed by atoms with Gasteiger partial charge in [0, 0.05) is 110 Å². The van der Waals surface area contributed by atoms with Crippen molar-refractivity contribution in [2.75, 3.05) is 34.1 Å². The summed E-state index contributed by atoms with van der Waals surface area (Å²) in [6.07, 6.45) is 12.3. The number of pyridine rings is 7. The second-order valence-electron chi connectivity index (χ2n) is 28.4. The second kappa shape index (κ2) is 41.6. The van der Waals surface area contributed by atoms with E-state index in [1.165, 1.54) is 55.1 Å². The molecule has 686 valence electrons. The van der Waals surface area contributed by atoms with E-state index >= 15 is 0 Å². The number of hydrogen-bond donors (Lipinski definition) is 7. The lowest BCUT2D eigenvalue weighted by Crippen LogP contribution is -2.16. The normalized spacial score (nSPS) is 11.6. The molecule has 0 radical (unpaired) electrons. The summed E-state index contributed by atoms with van der Waals surface area (Å²) in [5.74, 6) is -4.84. The van der Waals surface area contributed by atoms with Gasteiger partial charge < -0.3 is 5.73 Å². The highest BCUT2D eigenvalue weighted by Gasteiger charge is 2.34. The number of nitro benzene ring substituents is 2. The maximum absolute atomic E-state index is 13.5. The maximum atomic E-state index is 13.5. The first-order valence-corrected chi connectivity index (χ1v) is 49.1. The lowest BCUT2D eigenvalue weighted by molar-refractivity contribution is -0.388. The molecular weight excluding hydrogens is 1960 g/mol. The number of nitro groups is 2. The second-order valence-corrected chi connectivity index (χ2v) is 39.7. The molecule has 18 rings (SSSR count). The van der Waals surface area contributed by atoms with Crippen molar-refractivity contribution in [2.24, 2.45) is 0 Å². The van der Waals surface area contributed by atoms with E-state index in [0.717, 1.165) is 68.5 Å². The zero-order valence-electron chi connectivity index (χ0n) is 69.3. The highest BCUT2D eigenvalue weighted by atomic mass is 79.9. The quantitative estimate of drug-likeness (QED) is 0.0152. The average molecular weight is 2030 g/mol. The summed E-state index contributed by atoms with van der Waals surface area (Å²) in [5, 5.41) is 27.4. The van der Waals surface area contributed by atoms with Crippen LogP contribution in [0.5, 0.6) is 0 Å². The Labute approximate surface area is 781 Å². The summed E-state index contributed by atoms with van der Waals surface area (Å²) in [5.41, 5.74) is 7.96. The number of benzene rings is 11. The predicted molar refractivity (Wildman–Crippen MR) is 512 cm³/mol. The van der Waals surface area contributed by atoms with Gasteiger partial charge in [0.05, 0.1) is 98.6 Å². The third-order valence-electron chi connectivity index (χ3n) is 19.1. The number of nitrogen functional groups attached to an aromatic ring is 1. The van der Waals surface area contributed by atoms with Crippen molar-refractivity contribution in [3.05, 3.63) is 394 Å². The number of anilines is 7. The zero-order valence-corrected chi connectivity index (χ0v) is 76.5. The number of fused-ring (bicyclic) bond motifs is 6. The molecule has 0 fully saturated rings. The van der Waals surface area contributed by atoms with Gasteiger partial charge in [-0.3, -0.25) is 83.4 Å². The van der Waals surface area contributed by atoms with E-state index in [2.05, 4.69) is 79.2 Å². The predicted octanol–water partition coefficient (Wildman–Crippen LogP) is 19.8. The minimum Gasteiger partial charge on any atom is -0.398 e. The number of nitrogens with one attached hydrogen (secondary N) is 6. The minimum atomic E-state index is -4.42. The van der Waals surface area contributed by atoms with Gasteiger partial charge in [-0.15, -0.1) is 0 Å². The number of nitrogens with two attached hydrogens (primary N) is 1. The molecule has 0 spiro atoms. The Morgan fingerprint density at radius 2 is 0.674 bits per heavy atom. The molecule has 0 saturated carbocycles. The number of halogens is 6. The van der Waals surface area contributed by atoms with Crippen LogP contribution in [-0.2, 0) is 66.1 Å². The van der Waals surface area contributed by atoms with Gasteiger partial charge in [0.25, 0.3) is 77.4 Å². The number of sulfonamides is 6. The van der Waals surface area contributed by atoms with E-state index < -0.39 is 114 Å². The van der Waals surface area contributed by atoms with Crippen LogP contribution in [0.25, 0.3) is 65.4 Å². The Bertz CT molecular complexity index is 8270. The molecular formula is C91H68BrClF4N16O16S6. The first kappa shape index (κ1) is 97.2. The zero-order chi connectivity index (χ0) is 96.6. The fourth-order valence-electron chi connectivity index (χ4n) is 12.9. The Morgan fingerprint density at radius 3 is 1.09 bits per heavy atom. The smallest absolute Gasteiger partial charge is 0.292 e. The lowest BCUT2D eigenvalue weighted by atomic mass is 10.1. The molecule has 0 aliphatic rings. The topological polar surface area (TPSA) is 480 Å². The Morgan fingerprint density at radius 1 is 0.341 bits per heavy atom. The van der Waals surface area contributed by atoms with Crippen molar-refractivity contribution in [2.45, 2.75) is 42.2 Å². The monoisotopic (exact) mass is 2020 g/mol. The number of hydrogen-bond acceptors (Lipinski definition) is 24. The number of nitrogens with zero attached hydrogens (tertiary/aromatic N) is 9. The van der Waals surface area contributed by atoms with Crippen molar-refractivity contribution in [1.82, 2.24) is 34.9 Å². The summed E-state index contributed by atoms with van der Waals surface area (Å²) >= 11 is 9.47. The van der Waals surface area contributed by atoms with Crippen LogP contribution in [0.4, 0.5) is 68.7 Å². The highest BCUT2D eigenvalue weighted by molar-refractivity contribution is 9.10. The molecule has 7 heterocycles. The molecule has 11 aromatic carbocycles. The average Bonchev–Trinajstić information content (AvgIpc) is 0.779. The Balaban J connectivity index is 0.000000138. The van der Waals surface area contributed by atoms with Crippen LogP contribution >= 0.6 is 27.5 Å². The standard InChI is InChI=1S/C17H13F2N3O4S.C15H11BrN2O2S.C15H11ClN2O2S.C15H10FN3O4S.C15H12FN3O2S.C14H11N3O2S/c1-17(18,19)12-7-8-15(14(10-12)22(23)24)27(25,26)21-13-6-2-4-11-5-3-9-20-16(11)13;16-13-8-9-14(15-12(13)7-4-10-17-15)18-21(19,20)11-5-2-1-3-6-11;16-12-9-11-5-4-8-17-15(11)14(10-12)18-21(19,20)13-6-2-1-3-7-13;16-11-6-7-14(13(9-11)19(20)21)24(22,23)18-12-5-1-3-10-4-2-8-17-15(10)12;16-11-6-7-14(12(17)9-11)22(20,21)19-13-5-1-3-10-4-2-8-18-15(10)13;18-20(19,12-6-3-8-15-10-12)17-13-7-1-4-11-5-2-9-16-14(11)13/h2-10,21H,1H3;2*1-10,18H;1-9,18H;1-9,19H,17H2;1-10,17H. The van der Waals surface area contributed by atoms with E-state index in [0.29, 0.717) is 90.7 Å². The van der Waals surface area contributed by atoms with Crippen molar-refractivity contribution in [3.8, 4) is 0 Å². The molecule has 0 unspecified atom stereocenters. The molecule has 8 N–H and O–H groups in total. The summed E-state index contributed by atoms with van der Waals surface area (Å²) < 4.78 is 218. The van der Waals surface area contributed by atoms with Crippen LogP contribution in [0.2, 0.25) is 5.02 Å². The molecule has 135 heavy (non-hydrogen) atoms. The van der Waals surface area contributed by atoms with E-state index in [1.807, 2.05) is 48.5 Å². The van der Waals surface area contributed by atoms with Crippen LogP contribution < -0.4 is 34.1 Å². The first-order valence-electron chi connectivity index (χ1n) is 39.0. The molecule has 0 saturated heterocycles. The summed E-state index contributed by atoms with van der Waals surface area (Å²) in [7, 11) is -23.6. The van der Waals surface area contributed by atoms with Crippen LogP contribution in [0, 0.1) is 31.9 Å². The molecule has 18 aromatic rings. The molecule has 0 aliphatic carbocycles. The molecule has 0 amide bonds. The van der Waals surface area contributed by atoms with Gasteiger partial charge in [0.1, 0.15) is 21.4 Å².